The second-order valence-corrected chi connectivity index (χ2v) is 29.3. The van der Waals surface area contributed by atoms with Crippen molar-refractivity contribution in [3.63, 3.8) is 0 Å². The minimum atomic E-state index is -5.72. The number of benzene rings is 11. The minimum absolute atomic E-state index is 0.0719. The molecule has 0 atom stereocenters. The van der Waals surface area contributed by atoms with Gasteiger partial charge in [-0.15, -0.1) is 0 Å². The predicted octanol–water partition coefficient (Wildman–Crippen LogP) is 18.0. The van der Waals surface area contributed by atoms with Gasteiger partial charge in [-0.2, -0.15) is 0 Å². The lowest BCUT2D eigenvalue weighted by atomic mass is 9.62. The highest BCUT2D eigenvalue weighted by atomic mass is 28.3. The van der Waals surface area contributed by atoms with Crippen LogP contribution in [0, 0.1) is 6.33 Å². The molecule has 3 aromatic heterocycles. The molecule has 1 aliphatic carbocycles. The zero-order chi connectivity index (χ0) is 77.6. The monoisotopic (exact) mass is 1200 g/mol. The van der Waals surface area contributed by atoms with Gasteiger partial charge in [-0.25, -0.2) is 4.98 Å². The van der Waals surface area contributed by atoms with Gasteiger partial charge in [0.2, 0.25) is 0 Å². The molecule has 90 heavy (non-hydrogen) atoms. The first-order valence-electron chi connectivity index (χ1n) is 39.7. The molecule has 0 N–H and O–H groups in total. The van der Waals surface area contributed by atoms with Gasteiger partial charge in [0.1, 0.15) is 17.3 Å². The Hall–Kier alpha value is -10.1. The normalized spacial score (nSPS) is 17.0. The number of para-hydroxylation sites is 2. The summed E-state index contributed by atoms with van der Waals surface area (Å²) >= 11 is 0. The molecule has 0 fully saturated rings. The van der Waals surface area contributed by atoms with Crippen LogP contribution < -0.4 is 30.1 Å². The highest BCUT2D eigenvalue weighted by Gasteiger charge is 2.44. The maximum Gasteiger partial charge on any atom is 0.269 e. The Morgan fingerprint density at radius 2 is 1.08 bits per heavy atom. The molecular weight excluding hydrogens is 1110 g/mol. The van der Waals surface area contributed by atoms with Gasteiger partial charge < -0.3 is 4.74 Å². The van der Waals surface area contributed by atoms with Crippen LogP contribution in [0.1, 0.15) is 104 Å². The molecule has 0 spiro atoms. The molecule has 0 amide bonds. The number of pyridine rings is 1. The lowest BCUT2D eigenvalue weighted by molar-refractivity contribution is -0.570. The Kier molecular flexibility index (Phi) is 8.94. The molecule has 1 aliphatic heterocycles. The van der Waals surface area contributed by atoms with E-state index in [-0.39, 0.29) is 43.9 Å². The molecule has 0 saturated heterocycles. The summed E-state index contributed by atoms with van der Waals surface area (Å²) in [6, 6.07) is 32.4. The lowest BCUT2D eigenvalue weighted by Crippen LogP contribution is -2.74. The van der Waals surface area contributed by atoms with E-state index >= 15 is 0 Å². The number of nitrogens with zero attached hydrogens (tertiary/aromatic N) is 4. The predicted molar refractivity (Wildman–Crippen MR) is 375 cm³/mol. The molecule has 11 aromatic carbocycles. The summed E-state index contributed by atoms with van der Waals surface area (Å²) in [5.41, 5.74) is 8.40. The second-order valence-electron chi connectivity index (χ2n) is 25.7. The zero-order valence-electron chi connectivity index (χ0n) is 69.6. The van der Waals surface area contributed by atoms with Crippen molar-refractivity contribution in [2.45, 2.75) is 77.6 Å². The third kappa shape index (κ3) is 8.86. The van der Waals surface area contributed by atoms with E-state index in [2.05, 4.69) is 83.6 Å². The Labute approximate surface area is 555 Å². The number of aromatic nitrogens is 4. The average molecular weight is 1200 g/mol. The molecule has 0 saturated carbocycles. The van der Waals surface area contributed by atoms with Crippen molar-refractivity contribution >= 4 is 61.7 Å². The summed E-state index contributed by atoms with van der Waals surface area (Å²) in [7, 11) is -5.72. The highest BCUT2D eigenvalue weighted by molar-refractivity contribution is 7.20. The largest absolute Gasteiger partial charge is 0.458 e. The van der Waals surface area contributed by atoms with Gasteiger partial charge in [0.15, 0.2) is 8.07 Å². The summed E-state index contributed by atoms with van der Waals surface area (Å²) in [6.07, 6.45) is 7.19. The van der Waals surface area contributed by atoms with Crippen molar-refractivity contribution in [2.24, 2.45) is 0 Å². The SMILES string of the molecule is [2H]c1cc([Si](c2cc3c4c(c2)n(-c2cccc(Oc5ccc6c7ccccc7n(-c7cc(C(C)(C)C)ccn7)c6c5)c2)[c-][n+]4-c2c(cccc2-c2c([2H])c([2H])c([2H])c([2H])c2[2H])-c2cc4c(cc2-c2ccccc2-3)C(C)(C)CCC4(C)C)(c2c([2H])c([2H])c([2H])c([2H])c2[2H])c2c([2H])c([2H])c([2H])c([2H])c2[2H])c([2H])c([2H])c1[2H]. The fourth-order valence-corrected chi connectivity index (χ4v) is 17.8. The van der Waals surface area contributed by atoms with Crippen molar-refractivity contribution in [3.05, 3.63) is 296 Å². The van der Waals surface area contributed by atoms with E-state index in [4.69, 9.17) is 15.2 Å². The molecule has 0 unspecified atom stereocenters. The average Bonchev–Trinajstić information content (AvgIpc) is 1.68. The third-order valence-electron chi connectivity index (χ3n) is 18.5. The Bertz CT molecular complexity index is 6200. The van der Waals surface area contributed by atoms with Gasteiger partial charge in [0, 0.05) is 23.0 Å². The van der Waals surface area contributed by atoms with Crippen LogP contribution >= 0.6 is 0 Å². The molecule has 5 nitrogen and oxygen atoms in total. The summed E-state index contributed by atoms with van der Waals surface area (Å²) in [5, 5.41) is 0.281. The summed E-state index contributed by atoms with van der Waals surface area (Å²) < 4.78 is 194. The molecule has 16 rings (SSSR count). The van der Waals surface area contributed by atoms with E-state index in [1.807, 2.05) is 79.0 Å². The highest BCUT2D eigenvalue weighted by Crippen LogP contribution is 2.52. The van der Waals surface area contributed by atoms with E-state index in [9.17, 15) is 20.6 Å². The summed E-state index contributed by atoms with van der Waals surface area (Å²) in [4.78, 5) is 4.91. The third-order valence-corrected chi connectivity index (χ3v) is 22.7. The fourth-order valence-electron chi connectivity index (χ4n) is 13.9. The quantitative estimate of drug-likeness (QED) is 0.0625. The molecule has 0 bridgehead atoms. The van der Waals surface area contributed by atoms with E-state index in [0.717, 1.165) is 57.4 Å². The van der Waals surface area contributed by atoms with Crippen LogP contribution in [0.4, 0.5) is 0 Å². The Morgan fingerprint density at radius 1 is 0.489 bits per heavy atom. The van der Waals surface area contributed by atoms with Crippen LogP contribution in [0.2, 0.25) is 0 Å². The number of hydrogen-bond donors (Lipinski definition) is 0. The Balaban J connectivity index is 1.10. The van der Waals surface area contributed by atoms with Crippen molar-refractivity contribution in [1.29, 1.82) is 0 Å². The molecule has 0 radical (unpaired) electrons. The van der Waals surface area contributed by atoms with Crippen LogP contribution in [-0.2, 0) is 16.2 Å². The van der Waals surface area contributed by atoms with Crippen molar-refractivity contribution in [2.75, 3.05) is 0 Å². The van der Waals surface area contributed by atoms with Gasteiger partial charge >= 0.3 is 0 Å². The van der Waals surface area contributed by atoms with E-state index in [0.29, 0.717) is 56.3 Å². The number of hydrogen-bond acceptors (Lipinski definition) is 2. The maximum absolute atomic E-state index is 10.2. The summed E-state index contributed by atoms with van der Waals surface area (Å²) in [6.45, 7) is 15.3. The Morgan fingerprint density at radius 3 is 1.79 bits per heavy atom. The topological polar surface area (TPSA) is 35.9 Å². The number of fused-ring (bicyclic) bond motifs is 11. The second kappa shape index (κ2) is 21.0. The smallest absolute Gasteiger partial charge is 0.269 e. The van der Waals surface area contributed by atoms with Crippen LogP contribution in [-0.4, -0.2) is 22.2 Å². The molecule has 2 aliphatic rings. The van der Waals surface area contributed by atoms with Crippen molar-refractivity contribution < 1.29 is 35.3 Å². The van der Waals surface area contributed by atoms with Gasteiger partial charge in [-0.3, -0.25) is 13.7 Å². The van der Waals surface area contributed by atoms with Crippen LogP contribution in [0.15, 0.2) is 273 Å². The van der Waals surface area contributed by atoms with Crippen LogP contribution in [0.5, 0.6) is 11.5 Å². The summed E-state index contributed by atoms with van der Waals surface area (Å²) in [5.74, 6) is 1.45. The van der Waals surface area contributed by atoms with E-state index in [1.165, 1.54) is 0 Å². The number of rotatable bonds is 9. The van der Waals surface area contributed by atoms with Crippen molar-refractivity contribution in [3.8, 4) is 73.2 Å². The van der Waals surface area contributed by atoms with Gasteiger partial charge in [-0.1, -0.05) is 254 Å². The molecule has 14 aromatic rings. The minimum Gasteiger partial charge on any atom is -0.458 e. The lowest BCUT2D eigenvalue weighted by Gasteiger charge is -2.42. The standard InChI is InChI=1S/C84H70N4OSi/c1-82(2,3)57-44-47-85-79(48-57)88-76-41-23-22-38-68(76)69-43-42-60(50-77(69)88)89-59-29-24-28-58(49-59)86-55-87-80-65(56-26-12-8-13-27-56)39-25-40-70(80)72-54-75-74(83(4,5)45-46-84(75,6)7)53-71(72)66-36-20-21-37-67(66)73-51-64(52-78(86)81(73)87)90(61-30-14-9-15-31-61,62-32-16-10-17-33-62)63-34-18-11-19-35-63/h8-44,47-54H,45-46H2,1-7H3/i8D,9D,10D,11D,12D,13D,14D,15D,16D,17D,18D,19D,26D,27D,30D,31D,32D,33D,34D. The number of ether oxygens (including phenoxy) is 1. The molecule has 6 heteroatoms. The first-order valence-corrected chi connectivity index (χ1v) is 32.2. The zero-order valence-corrected chi connectivity index (χ0v) is 51.6. The van der Waals surface area contributed by atoms with E-state index < -0.39 is 144 Å². The van der Waals surface area contributed by atoms with Crippen LogP contribution in [0.3, 0.4) is 0 Å². The first kappa shape index (κ1) is 38.3. The van der Waals surface area contributed by atoms with E-state index in [1.54, 1.807) is 57.7 Å². The number of imidazole rings is 1. The fraction of sp³-hybridized carbons (Fsp3) is 0.143. The molecule has 4 heterocycles. The first-order chi connectivity index (χ1) is 51.6. The molecule has 436 valence electrons. The molecular formula is C84H70N4OSi. The maximum atomic E-state index is 10.2. The van der Waals surface area contributed by atoms with Gasteiger partial charge in [0.05, 0.1) is 59.5 Å². The van der Waals surface area contributed by atoms with Gasteiger partial charge in [-0.05, 0) is 166 Å². The van der Waals surface area contributed by atoms with Gasteiger partial charge in [0.25, 0.3) is 6.33 Å². The van der Waals surface area contributed by atoms with Crippen molar-refractivity contribution in [1.82, 2.24) is 14.1 Å². The van der Waals surface area contributed by atoms with Crippen LogP contribution in [0.25, 0.3) is 94.5 Å².